The van der Waals surface area contributed by atoms with Gasteiger partial charge in [0.15, 0.2) is 5.82 Å². The molecule has 6 nitrogen and oxygen atoms in total. The van der Waals surface area contributed by atoms with Crippen LogP contribution in [-0.4, -0.2) is 34.0 Å². The summed E-state index contributed by atoms with van der Waals surface area (Å²) in [7, 11) is 0. The Morgan fingerprint density at radius 2 is 2.32 bits per heavy atom. The van der Waals surface area contributed by atoms with E-state index in [4.69, 9.17) is 10.5 Å². The van der Waals surface area contributed by atoms with Gasteiger partial charge in [0.1, 0.15) is 0 Å². The summed E-state index contributed by atoms with van der Waals surface area (Å²) in [6, 6.07) is 0. The zero-order valence-electron chi connectivity index (χ0n) is 11.2. The monoisotopic (exact) mass is 264 g/mol. The Labute approximate surface area is 112 Å². The number of aliphatic hydroxyl groups excluding tert-OH is 1. The first-order valence-corrected chi connectivity index (χ1v) is 6.65. The van der Waals surface area contributed by atoms with Crippen LogP contribution < -0.4 is 5.73 Å². The molecule has 0 saturated carbocycles. The zero-order chi connectivity index (χ0) is 13.7. The molecule has 3 N–H and O–H groups in total. The molecule has 6 heteroatoms. The molecule has 19 heavy (non-hydrogen) atoms. The first-order chi connectivity index (χ1) is 9.24. The number of fused-ring (bicyclic) bond motifs is 1. The normalized spacial score (nSPS) is 15.4. The highest BCUT2D eigenvalue weighted by molar-refractivity contribution is 5.87. The second-order valence-corrected chi connectivity index (χ2v) is 4.57. The molecule has 104 valence electrons. The molecule has 0 unspecified atom stereocenters. The molecule has 0 spiro atoms. The molecule has 1 aliphatic rings. The molecule has 1 aliphatic heterocycles. The van der Waals surface area contributed by atoms with Crippen LogP contribution in [0.15, 0.2) is 4.99 Å². The smallest absolute Gasteiger partial charge is 0.222 e. The molecule has 0 aromatic carbocycles. The summed E-state index contributed by atoms with van der Waals surface area (Å²) in [5.74, 6) is 0.773. The van der Waals surface area contributed by atoms with Gasteiger partial charge in [0.05, 0.1) is 25.5 Å². The molecule has 0 radical (unpaired) electrons. The summed E-state index contributed by atoms with van der Waals surface area (Å²) in [4.78, 5) is 12.8. The number of nitrogens with two attached hydrogens (primary N) is 1. The van der Waals surface area contributed by atoms with Crippen molar-refractivity contribution in [2.75, 3.05) is 18.9 Å². The second kappa shape index (κ2) is 6.58. The van der Waals surface area contributed by atoms with Crippen LogP contribution in [0.5, 0.6) is 0 Å². The fraction of sp³-hybridized carbons (Fsp3) is 0.615. The number of nitrogen functional groups attached to an aromatic ring is 1. The number of unbranched alkanes of at least 4 members (excludes halogenated alkanes) is 1. The number of hydrogen-bond acceptors (Lipinski definition) is 6. The molecule has 0 bridgehead atoms. The van der Waals surface area contributed by atoms with E-state index in [1.54, 1.807) is 0 Å². The van der Waals surface area contributed by atoms with E-state index in [9.17, 15) is 5.11 Å². The lowest BCUT2D eigenvalue weighted by Crippen LogP contribution is -2.15. The number of hydrogen-bond donors (Lipinski definition) is 2. The summed E-state index contributed by atoms with van der Waals surface area (Å²) < 4.78 is 5.42. The van der Waals surface area contributed by atoms with Gasteiger partial charge in [0.25, 0.3) is 0 Å². The van der Waals surface area contributed by atoms with Crippen molar-refractivity contribution in [3.8, 4) is 0 Å². The first kappa shape index (κ1) is 13.9. The maximum absolute atomic E-state index is 9.35. The van der Waals surface area contributed by atoms with Gasteiger partial charge in [-0.25, -0.2) is 9.98 Å². The standard InChI is InChI=1S/C13H20N4O2/c1-2-3-4-9(7-18)15-12-10-8-19-6-5-11(10)16-13(14)17-12/h18H,2-8H2,1H3,(H2,14,16,17). The molecule has 0 amide bonds. The molecule has 2 heterocycles. The zero-order valence-corrected chi connectivity index (χ0v) is 11.2. The Morgan fingerprint density at radius 3 is 3.05 bits per heavy atom. The SMILES string of the molecule is CCCCC(CO)=Nc1nc(N)nc2c1COCC2. The maximum atomic E-state index is 9.35. The highest BCUT2D eigenvalue weighted by Crippen LogP contribution is 2.25. The Hall–Kier alpha value is -1.53. The fourth-order valence-corrected chi connectivity index (χ4v) is 2.03. The van der Waals surface area contributed by atoms with Crippen LogP contribution in [0.25, 0.3) is 0 Å². The predicted octanol–water partition coefficient (Wildman–Crippen LogP) is 1.39. The average Bonchev–Trinajstić information content (AvgIpc) is 2.43. The van der Waals surface area contributed by atoms with Crippen LogP contribution in [0.4, 0.5) is 11.8 Å². The molecule has 1 aromatic heterocycles. The third-order valence-corrected chi connectivity index (χ3v) is 3.08. The van der Waals surface area contributed by atoms with Gasteiger partial charge >= 0.3 is 0 Å². The molecular weight excluding hydrogens is 244 g/mol. The van der Waals surface area contributed by atoms with E-state index < -0.39 is 0 Å². The minimum Gasteiger partial charge on any atom is -0.390 e. The predicted molar refractivity (Wildman–Crippen MR) is 73.5 cm³/mol. The quantitative estimate of drug-likeness (QED) is 0.784. The topological polar surface area (TPSA) is 93.6 Å². The number of anilines is 1. The van der Waals surface area contributed by atoms with Crippen LogP contribution in [0.1, 0.15) is 37.4 Å². The molecule has 2 rings (SSSR count). The molecule has 1 aromatic rings. The summed E-state index contributed by atoms with van der Waals surface area (Å²) in [5, 5.41) is 9.35. The van der Waals surface area contributed by atoms with Crippen molar-refractivity contribution in [1.29, 1.82) is 0 Å². The van der Waals surface area contributed by atoms with Crippen LogP contribution >= 0.6 is 0 Å². The van der Waals surface area contributed by atoms with E-state index in [1.807, 2.05) is 0 Å². The average molecular weight is 264 g/mol. The fourth-order valence-electron chi connectivity index (χ4n) is 2.03. The van der Waals surface area contributed by atoms with Crippen molar-refractivity contribution in [3.05, 3.63) is 11.3 Å². The number of nitrogens with zero attached hydrogens (tertiary/aromatic N) is 3. The summed E-state index contributed by atoms with van der Waals surface area (Å²) >= 11 is 0. The van der Waals surface area contributed by atoms with Crippen molar-refractivity contribution in [2.24, 2.45) is 4.99 Å². The molecule has 0 atom stereocenters. The molecule has 0 aliphatic carbocycles. The van der Waals surface area contributed by atoms with E-state index in [1.165, 1.54) is 0 Å². The van der Waals surface area contributed by atoms with Gasteiger partial charge in [-0.2, -0.15) is 4.98 Å². The van der Waals surface area contributed by atoms with Gasteiger partial charge in [0, 0.05) is 17.7 Å². The minimum absolute atomic E-state index is 0.0560. The Bertz CT molecular complexity index is 474. The van der Waals surface area contributed by atoms with Gasteiger partial charge in [0.2, 0.25) is 5.95 Å². The highest BCUT2D eigenvalue weighted by Gasteiger charge is 2.17. The van der Waals surface area contributed by atoms with E-state index in [0.717, 1.165) is 42.7 Å². The van der Waals surface area contributed by atoms with Crippen LogP contribution in [0, 0.1) is 0 Å². The summed E-state index contributed by atoms with van der Waals surface area (Å²) in [6.45, 7) is 3.16. The van der Waals surface area contributed by atoms with Gasteiger partial charge < -0.3 is 15.6 Å². The second-order valence-electron chi connectivity index (χ2n) is 4.57. The molecular formula is C13H20N4O2. The number of ether oxygens (including phenoxy) is 1. The van der Waals surface area contributed by atoms with E-state index in [2.05, 4.69) is 21.9 Å². The minimum atomic E-state index is -0.0560. The van der Waals surface area contributed by atoms with Gasteiger partial charge in [-0.05, 0) is 12.8 Å². The largest absolute Gasteiger partial charge is 0.390 e. The number of aromatic nitrogens is 2. The number of aliphatic imine (C=N–C) groups is 1. The Kier molecular flexibility index (Phi) is 4.81. The number of aliphatic hydroxyl groups is 1. The van der Waals surface area contributed by atoms with Crippen LogP contribution in [0.2, 0.25) is 0 Å². The first-order valence-electron chi connectivity index (χ1n) is 6.65. The van der Waals surface area contributed by atoms with E-state index in [-0.39, 0.29) is 12.6 Å². The number of rotatable bonds is 5. The van der Waals surface area contributed by atoms with Crippen LogP contribution in [0.3, 0.4) is 0 Å². The van der Waals surface area contributed by atoms with Crippen molar-refractivity contribution < 1.29 is 9.84 Å². The summed E-state index contributed by atoms with van der Waals surface area (Å²) in [6.07, 6.45) is 3.56. The Balaban J connectivity index is 2.32. The van der Waals surface area contributed by atoms with Gasteiger partial charge in [-0.3, -0.25) is 0 Å². The van der Waals surface area contributed by atoms with Gasteiger partial charge in [-0.15, -0.1) is 0 Å². The van der Waals surface area contributed by atoms with Crippen molar-refractivity contribution in [3.63, 3.8) is 0 Å². The third kappa shape index (κ3) is 3.48. The van der Waals surface area contributed by atoms with Crippen molar-refractivity contribution in [2.45, 2.75) is 39.2 Å². The van der Waals surface area contributed by atoms with Crippen molar-refractivity contribution >= 4 is 17.5 Å². The third-order valence-electron chi connectivity index (χ3n) is 3.08. The molecule has 0 fully saturated rings. The summed E-state index contributed by atoms with van der Waals surface area (Å²) in [5.41, 5.74) is 8.23. The van der Waals surface area contributed by atoms with E-state index in [0.29, 0.717) is 19.0 Å². The highest BCUT2D eigenvalue weighted by atomic mass is 16.5. The van der Waals surface area contributed by atoms with E-state index >= 15 is 0 Å². The maximum Gasteiger partial charge on any atom is 0.222 e. The lowest BCUT2D eigenvalue weighted by molar-refractivity contribution is 0.109. The Morgan fingerprint density at radius 1 is 1.47 bits per heavy atom. The van der Waals surface area contributed by atoms with Crippen molar-refractivity contribution in [1.82, 2.24) is 9.97 Å². The van der Waals surface area contributed by atoms with Crippen LogP contribution in [-0.2, 0) is 17.8 Å². The molecule has 0 saturated heterocycles. The lowest BCUT2D eigenvalue weighted by Gasteiger charge is -2.17. The lowest BCUT2D eigenvalue weighted by atomic mass is 10.1. The van der Waals surface area contributed by atoms with Gasteiger partial charge in [-0.1, -0.05) is 13.3 Å².